The Morgan fingerprint density at radius 2 is 1.93 bits per heavy atom. The van der Waals surface area contributed by atoms with Crippen LogP contribution in [-0.2, 0) is 6.42 Å². The van der Waals surface area contributed by atoms with E-state index in [0.717, 1.165) is 47.6 Å². The van der Waals surface area contributed by atoms with Gasteiger partial charge in [-0.15, -0.1) is 0 Å². The zero-order valence-corrected chi connectivity index (χ0v) is 16.8. The SMILES string of the molecule is C=C(C=CC=CC)CNc1nc(N2CCCc3ccccc32)nc2ccccc12. The molecule has 1 aromatic heterocycles. The highest BCUT2D eigenvalue weighted by atomic mass is 15.3. The molecular formula is C25H26N4. The largest absolute Gasteiger partial charge is 0.365 e. The number of anilines is 3. The fourth-order valence-corrected chi connectivity index (χ4v) is 3.62. The highest BCUT2D eigenvalue weighted by Gasteiger charge is 2.21. The third-order valence-electron chi connectivity index (χ3n) is 5.06. The van der Waals surface area contributed by atoms with Gasteiger partial charge in [-0.25, -0.2) is 4.98 Å². The number of fused-ring (bicyclic) bond motifs is 2. The van der Waals surface area contributed by atoms with Crippen LogP contribution < -0.4 is 10.2 Å². The maximum Gasteiger partial charge on any atom is 0.232 e. The second-order valence-corrected chi connectivity index (χ2v) is 7.17. The quantitative estimate of drug-likeness (QED) is 0.546. The van der Waals surface area contributed by atoms with E-state index in [0.29, 0.717) is 6.54 Å². The van der Waals surface area contributed by atoms with Gasteiger partial charge in [0.2, 0.25) is 5.95 Å². The lowest BCUT2D eigenvalue weighted by Gasteiger charge is -2.30. The predicted octanol–water partition coefficient (Wildman–Crippen LogP) is 5.81. The summed E-state index contributed by atoms with van der Waals surface area (Å²) in [6, 6.07) is 16.7. The number of nitrogens with zero attached hydrogens (tertiary/aromatic N) is 3. The molecule has 0 saturated carbocycles. The second-order valence-electron chi connectivity index (χ2n) is 7.17. The Bertz CT molecular complexity index is 1080. The number of hydrogen-bond acceptors (Lipinski definition) is 4. The van der Waals surface area contributed by atoms with Crippen molar-refractivity contribution in [2.75, 3.05) is 23.3 Å². The first kappa shape index (κ1) is 18.9. The van der Waals surface area contributed by atoms with Crippen LogP contribution in [0, 0.1) is 0 Å². The van der Waals surface area contributed by atoms with E-state index in [1.165, 1.54) is 11.3 Å². The van der Waals surface area contributed by atoms with Crippen molar-refractivity contribution in [3.63, 3.8) is 0 Å². The molecule has 2 heterocycles. The van der Waals surface area contributed by atoms with Gasteiger partial charge < -0.3 is 10.2 Å². The Morgan fingerprint density at radius 1 is 1.10 bits per heavy atom. The van der Waals surface area contributed by atoms with E-state index in [4.69, 9.17) is 9.97 Å². The monoisotopic (exact) mass is 382 g/mol. The summed E-state index contributed by atoms with van der Waals surface area (Å²) in [5.41, 5.74) is 4.50. The van der Waals surface area contributed by atoms with Crippen molar-refractivity contribution >= 4 is 28.4 Å². The summed E-state index contributed by atoms with van der Waals surface area (Å²) in [4.78, 5) is 12.0. The Kier molecular flexibility index (Phi) is 5.71. The van der Waals surface area contributed by atoms with Crippen LogP contribution in [0.1, 0.15) is 18.9 Å². The predicted molar refractivity (Wildman–Crippen MR) is 123 cm³/mol. The molecule has 29 heavy (non-hydrogen) atoms. The molecule has 4 heteroatoms. The zero-order valence-electron chi connectivity index (χ0n) is 16.8. The molecule has 1 N–H and O–H groups in total. The van der Waals surface area contributed by atoms with Gasteiger partial charge in [-0.05, 0) is 49.1 Å². The fourth-order valence-electron chi connectivity index (χ4n) is 3.62. The molecule has 0 saturated heterocycles. The third kappa shape index (κ3) is 4.21. The van der Waals surface area contributed by atoms with E-state index in [1.54, 1.807) is 0 Å². The summed E-state index contributed by atoms with van der Waals surface area (Å²) in [5, 5.41) is 4.49. The number of hydrogen-bond donors (Lipinski definition) is 1. The van der Waals surface area contributed by atoms with Crippen LogP contribution in [0.2, 0.25) is 0 Å². The van der Waals surface area contributed by atoms with Crippen molar-refractivity contribution < 1.29 is 0 Å². The number of rotatable bonds is 6. The van der Waals surface area contributed by atoms with Crippen LogP contribution >= 0.6 is 0 Å². The number of benzene rings is 2. The highest BCUT2D eigenvalue weighted by Crippen LogP contribution is 2.33. The first-order valence-electron chi connectivity index (χ1n) is 10.1. The van der Waals surface area contributed by atoms with Crippen molar-refractivity contribution in [1.82, 2.24) is 9.97 Å². The van der Waals surface area contributed by atoms with E-state index in [-0.39, 0.29) is 0 Å². The number of aryl methyl sites for hydroxylation is 1. The Labute approximate surface area is 172 Å². The Hall–Kier alpha value is -3.40. The lowest BCUT2D eigenvalue weighted by Crippen LogP contribution is -2.26. The molecule has 3 aromatic rings. The lowest BCUT2D eigenvalue weighted by molar-refractivity contribution is 0.752. The second kappa shape index (κ2) is 8.74. The van der Waals surface area contributed by atoms with Gasteiger partial charge in [-0.3, -0.25) is 0 Å². The smallest absolute Gasteiger partial charge is 0.232 e. The van der Waals surface area contributed by atoms with Crippen LogP contribution in [0.15, 0.2) is 85.0 Å². The molecule has 0 radical (unpaired) electrons. The third-order valence-corrected chi connectivity index (χ3v) is 5.06. The molecule has 1 aliphatic rings. The summed E-state index contributed by atoms with van der Waals surface area (Å²) in [5.74, 6) is 1.59. The van der Waals surface area contributed by atoms with Crippen molar-refractivity contribution in [1.29, 1.82) is 0 Å². The van der Waals surface area contributed by atoms with Gasteiger partial charge >= 0.3 is 0 Å². The maximum atomic E-state index is 4.92. The normalized spacial score (nSPS) is 13.9. The van der Waals surface area contributed by atoms with Crippen LogP contribution in [0.5, 0.6) is 0 Å². The van der Waals surface area contributed by atoms with Gasteiger partial charge in [0.25, 0.3) is 0 Å². The van der Waals surface area contributed by atoms with Gasteiger partial charge in [0, 0.05) is 24.2 Å². The fraction of sp³-hybridized carbons (Fsp3) is 0.200. The Morgan fingerprint density at radius 3 is 2.83 bits per heavy atom. The van der Waals surface area contributed by atoms with Crippen molar-refractivity contribution in [2.45, 2.75) is 19.8 Å². The molecule has 146 valence electrons. The van der Waals surface area contributed by atoms with E-state index in [2.05, 4.69) is 47.1 Å². The molecule has 0 aliphatic carbocycles. The standard InChI is InChI=1S/C25H26N4/c1-3-4-5-11-19(2)18-26-24-21-14-7-8-15-22(21)27-25(28-24)29-17-10-13-20-12-6-9-16-23(20)29/h3-9,11-12,14-16H,2,10,13,17-18H2,1H3,(H,26,27,28). The van der Waals surface area contributed by atoms with Crippen molar-refractivity contribution in [3.8, 4) is 0 Å². The van der Waals surface area contributed by atoms with Crippen LogP contribution in [-0.4, -0.2) is 23.1 Å². The lowest BCUT2D eigenvalue weighted by atomic mass is 10.0. The molecule has 4 rings (SSSR count). The van der Waals surface area contributed by atoms with Crippen LogP contribution in [0.3, 0.4) is 0 Å². The van der Waals surface area contributed by atoms with E-state index >= 15 is 0 Å². The number of para-hydroxylation sites is 2. The minimum absolute atomic E-state index is 0.630. The molecule has 0 fully saturated rings. The van der Waals surface area contributed by atoms with E-state index in [1.807, 2.05) is 49.4 Å². The molecule has 0 atom stereocenters. The van der Waals surface area contributed by atoms with E-state index in [9.17, 15) is 0 Å². The summed E-state index contributed by atoms with van der Waals surface area (Å²) in [7, 11) is 0. The average Bonchev–Trinajstić information content (AvgIpc) is 2.77. The van der Waals surface area contributed by atoms with Gasteiger partial charge in [0.15, 0.2) is 0 Å². The molecule has 0 unspecified atom stereocenters. The average molecular weight is 383 g/mol. The minimum atomic E-state index is 0.630. The van der Waals surface area contributed by atoms with Gasteiger partial charge in [-0.2, -0.15) is 4.98 Å². The first-order valence-corrected chi connectivity index (χ1v) is 10.1. The van der Waals surface area contributed by atoms with Crippen LogP contribution in [0.25, 0.3) is 10.9 Å². The van der Waals surface area contributed by atoms with Crippen molar-refractivity contribution in [2.24, 2.45) is 0 Å². The molecular weight excluding hydrogens is 356 g/mol. The minimum Gasteiger partial charge on any atom is -0.365 e. The summed E-state index contributed by atoms with van der Waals surface area (Å²) < 4.78 is 0. The summed E-state index contributed by atoms with van der Waals surface area (Å²) in [6.07, 6.45) is 10.2. The molecule has 4 nitrogen and oxygen atoms in total. The topological polar surface area (TPSA) is 41.1 Å². The zero-order chi connectivity index (χ0) is 20.1. The van der Waals surface area contributed by atoms with Crippen LogP contribution in [0.4, 0.5) is 17.5 Å². The number of allylic oxidation sites excluding steroid dienone is 3. The molecule has 1 aliphatic heterocycles. The van der Waals surface area contributed by atoms with Gasteiger partial charge in [0.05, 0.1) is 5.52 Å². The molecule has 0 amide bonds. The molecule has 0 bridgehead atoms. The Balaban J connectivity index is 1.68. The van der Waals surface area contributed by atoms with Gasteiger partial charge in [0.1, 0.15) is 5.82 Å². The highest BCUT2D eigenvalue weighted by molar-refractivity contribution is 5.90. The molecule has 0 spiro atoms. The number of nitrogens with one attached hydrogen (secondary N) is 1. The number of aromatic nitrogens is 2. The summed E-state index contributed by atoms with van der Waals surface area (Å²) >= 11 is 0. The van der Waals surface area contributed by atoms with Gasteiger partial charge in [-0.1, -0.05) is 61.2 Å². The first-order chi connectivity index (χ1) is 14.3. The summed E-state index contributed by atoms with van der Waals surface area (Å²) in [6.45, 7) is 7.68. The maximum absolute atomic E-state index is 4.92. The van der Waals surface area contributed by atoms with Crippen molar-refractivity contribution in [3.05, 3.63) is 90.6 Å². The van der Waals surface area contributed by atoms with E-state index < -0.39 is 0 Å². The molecule has 2 aromatic carbocycles.